The highest BCUT2D eigenvalue weighted by Crippen LogP contribution is 2.36. The molecule has 1 amide bonds. The molecular formula is C20H16N2O5. The van der Waals surface area contributed by atoms with Crippen molar-refractivity contribution < 1.29 is 19.3 Å². The summed E-state index contributed by atoms with van der Waals surface area (Å²) in [5, 5.41) is 11.8. The van der Waals surface area contributed by atoms with Gasteiger partial charge < -0.3 is 4.90 Å². The smallest absolute Gasteiger partial charge is 0.294 e. The SMILES string of the molecule is O=C1c2ccccc2C(=O)c2c1ccc(C(=O)N1CCCCC1)c2[N+](=O)[O-]. The number of likely N-dealkylation sites (tertiary alicyclic amines) is 1. The van der Waals surface area contributed by atoms with Crippen LogP contribution in [0, 0.1) is 10.1 Å². The number of nitrogens with zero attached hydrogens (tertiary/aromatic N) is 2. The molecule has 7 nitrogen and oxygen atoms in total. The molecule has 7 heteroatoms. The van der Waals surface area contributed by atoms with Gasteiger partial charge in [0.05, 0.1) is 4.92 Å². The molecule has 2 aromatic rings. The van der Waals surface area contributed by atoms with Crippen LogP contribution >= 0.6 is 0 Å². The number of ketones is 2. The summed E-state index contributed by atoms with van der Waals surface area (Å²) < 4.78 is 0. The maximum Gasteiger partial charge on any atom is 0.294 e. The number of nitro groups is 1. The first-order valence-corrected chi connectivity index (χ1v) is 8.80. The van der Waals surface area contributed by atoms with E-state index in [-0.39, 0.29) is 27.8 Å². The number of carbonyl (C=O) groups is 3. The van der Waals surface area contributed by atoms with E-state index in [1.54, 1.807) is 17.0 Å². The molecule has 136 valence electrons. The fourth-order valence-electron chi connectivity index (χ4n) is 3.80. The molecule has 2 aromatic carbocycles. The molecule has 0 spiro atoms. The Balaban J connectivity index is 1.90. The van der Waals surface area contributed by atoms with Gasteiger partial charge in [-0.3, -0.25) is 24.5 Å². The van der Waals surface area contributed by atoms with E-state index in [0.717, 1.165) is 19.3 Å². The lowest BCUT2D eigenvalue weighted by atomic mass is 9.82. The minimum atomic E-state index is -0.727. The van der Waals surface area contributed by atoms with Gasteiger partial charge in [0.2, 0.25) is 5.78 Å². The lowest BCUT2D eigenvalue weighted by molar-refractivity contribution is -0.385. The van der Waals surface area contributed by atoms with E-state index in [0.29, 0.717) is 13.1 Å². The summed E-state index contributed by atoms with van der Waals surface area (Å²) >= 11 is 0. The molecule has 27 heavy (non-hydrogen) atoms. The minimum absolute atomic E-state index is 0.0272. The Bertz CT molecular complexity index is 1010. The molecule has 2 aliphatic rings. The van der Waals surface area contributed by atoms with Crippen molar-refractivity contribution in [1.82, 2.24) is 4.90 Å². The molecule has 1 heterocycles. The fourth-order valence-corrected chi connectivity index (χ4v) is 3.80. The number of piperidine rings is 1. The third kappa shape index (κ3) is 2.63. The molecule has 0 aromatic heterocycles. The molecule has 1 fully saturated rings. The van der Waals surface area contributed by atoms with Gasteiger partial charge in [-0.2, -0.15) is 0 Å². The molecule has 1 aliphatic heterocycles. The zero-order chi connectivity index (χ0) is 19.1. The maximum atomic E-state index is 12.9. The Morgan fingerprint density at radius 2 is 1.52 bits per heavy atom. The van der Waals surface area contributed by atoms with Crippen LogP contribution in [0.3, 0.4) is 0 Å². The average Bonchev–Trinajstić information content (AvgIpc) is 2.71. The van der Waals surface area contributed by atoms with Gasteiger partial charge in [0, 0.05) is 29.8 Å². The Kier molecular flexibility index (Phi) is 4.07. The van der Waals surface area contributed by atoms with E-state index in [2.05, 4.69) is 0 Å². The van der Waals surface area contributed by atoms with Crippen LogP contribution in [0.15, 0.2) is 36.4 Å². The molecule has 0 radical (unpaired) electrons. The number of carbonyl (C=O) groups excluding carboxylic acids is 3. The number of hydrogen-bond acceptors (Lipinski definition) is 5. The van der Waals surface area contributed by atoms with Gasteiger partial charge in [-0.05, 0) is 31.4 Å². The highest BCUT2D eigenvalue weighted by Gasteiger charge is 2.39. The Morgan fingerprint density at radius 3 is 2.15 bits per heavy atom. The normalized spacial score (nSPS) is 15.9. The van der Waals surface area contributed by atoms with Crippen LogP contribution < -0.4 is 0 Å². The number of hydrogen-bond donors (Lipinski definition) is 0. The summed E-state index contributed by atoms with van der Waals surface area (Å²) in [7, 11) is 0. The van der Waals surface area contributed by atoms with Crippen molar-refractivity contribution in [1.29, 1.82) is 0 Å². The van der Waals surface area contributed by atoms with E-state index in [4.69, 9.17) is 0 Å². The molecule has 0 saturated carbocycles. The topological polar surface area (TPSA) is 97.6 Å². The van der Waals surface area contributed by atoms with E-state index >= 15 is 0 Å². The highest BCUT2D eigenvalue weighted by atomic mass is 16.6. The summed E-state index contributed by atoms with van der Waals surface area (Å²) in [6.45, 7) is 1.06. The molecule has 0 atom stereocenters. The second-order valence-electron chi connectivity index (χ2n) is 6.70. The van der Waals surface area contributed by atoms with Gasteiger partial charge in [-0.15, -0.1) is 0 Å². The Morgan fingerprint density at radius 1 is 0.889 bits per heavy atom. The second kappa shape index (κ2) is 6.42. The fraction of sp³-hybridized carbons (Fsp3) is 0.250. The minimum Gasteiger partial charge on any atom is -0.338 e. The summed E-state index contributed by atoms with van der Waals surface area (Å²) in [4.78, 5) is 51.2. The number of fused-ring (bicyclic) bond motifs is 2. The molecule has 1 saturated heterocycles. The van der Waals surface area contributed by atoms with Gasteiger partial charge in [-0.1, -0.05) is 24.3 Å². The van der Waals surface area contributed by atoms with Crippen LogP contribution in [-0.4, -0.2) is 40.4 Å². The van der Waals surface area contributed by atoms with Crippen LogP contribution in [-0.2, 0) is 0 Å². The highest BCUT2D eigenvalue weighted by molar-refractivity contribution is 6.30. The van der Waals surface area contributed by atoms with Crippen LogP contribution in [0.4, 0.5) is 5.69 Å². The number of benzene rings is 2. The van der Waals surface area contributed by atoms with Crippen LogP contribution in [0.5, 0.6) is 0 Å². The van der Waals surface area contributed by atoms with Gasteiger partial charge in [0.25, 0.3) is 11.6 Å². The number of nitro benzene ring substituents is 1. The lowest BCUT2D eigenvalue weighted by Gasteiger charge is -2.27. The summed E-state index contributed by atoms with van der Waals surface area (Å²) in [6.07, 6.45) is 2.70. The standard InChI is InChI=1S/C20H16N2O5/c23-18-12-6-2-3-7-13(12)19(24)16-14(18)8-9-15(17(16)22(26)27)20(25)21-10-4-1-5-11-21/h2-3,6-9H,1,4-5,10-11H2. The largest absolute Gasteiger partial charge is 0.338 e. The van der Waals surface area contributed by atoms with Crippen molar-refractivity contribution >= 4 is 23.2 Å². The van der Waals surface area contributed by atoms with Crippen LogP contribution in [0.2, 0.25) is 0 Å². The van der Waals surface area contributed by atoms with Gasteiger partial charge in [-0.25, -0.2) is 0 Å². The average molecular weight is 364 g/mol. The Hall–Kier alpha value is -3.35. The molecule has 0 bridgehead atoms. The first-order valence-electron chi connectivity index (χ1n) is 8.80. The Labute approximate surface area is 154 Å². The van der Waals surface area contributed by atoms with Crippen molar-refractivity contribution in [2.75, 3.05) is 13.1 Å². The molecule has 4 rings (SSSR count). The van der Waals surface area contributed by atoms with E-state index in [9.17, 15) is 24.5 Å². The maximum absolute atomic E-state index is 12.9. The molecular weight excluding hydrogens is 348 g/mol. The summed E-state index contributed by atoms with van der Waals surface area (Å²) in [6, 6.07) is 8.89. The first kappa shape index (κ1) is 17.1. The second-order valence-corrected chi connectivity index (χ2v) is 6.70. The quantitative estimate of drug-likeness (QED) is 0.514. The summed E-state index contributed by atoms with van der Waals surface area (Å²) in [5.41, 5.74) is -0.677. The number of rotatable bonds is 2. The number of amides is 1. The first-order chi connectivity index (χ1) is 13.0. The van der Waals surface area contributed by atoms with Gasteiger partial charge in [0.15, 0.2) is 5.78 Å². The van der Waals surface area contributed by atoms with Crippen LogP contribution in [0.1, 0.15) is 61.5 Å². The van der Waals surface area contributed by atoms with Crippen molar-refractivity contribution in [2.24, 2.45) is 0 Å². The van der Waals surface area contributed by atoms with Crippen molar-refractivity contribution in [3.8, 4) is 0 Å². The van der Waals surface area contributed by atoms with E-state index in [1.807, 2.05) is 0 Å². The van der Waals surface area contributed by atoms with Crippen LogP contribution in [0.25, 0.3) is 0 Å². The molecule has 1 aliphatic carbocycles. The monoisotopic (exact) mass is 364 g/mol. The zero-order valence-corrected chi connectivity index (χ0v) is 14.4. The van der Waals surface area contributed by atoms with Crippen molar-refractivity contribution in [3.05, 3.63) is 74.3 Å². The molecule has 0 unspecified atom stereocenters. The summed E-state index contributed by atoms with van der Waals surface area (Å²) in [5.74, 6) is -1.51. The third-order valence-corrected chi connectivity index (χ3v) is 5.12. The zero-order valence-electron chi connectivity index (χ0n) is 14.4. The van der Waals surface area contributed by atoms with Crippen molar-refractivity contribution in [3.63, 3.8) is 0 Å². The van der Waals surface area contributed by atoms with E-state index in [1.165, 1.54) is 24.3 Å². The van der Waals surface area contributed by atoms with Gasteiger partial charge >= 0.3 is 0 Å². The van der Waals surface area contributed by atoms with Gasteiger partial charge in [0.1, 0.15) is 11.1 Å². The lowest BCUT2D eigenvalue weighted by Crippen LogP contribution is -2.36. The molecule has 0 N–H and O–H groups in total. The van der Waals surface area contributed by atoms with E-state index < -0.39 is 28.1 Å². The third-order valence-electron chi connectivity index (χ3n) is 5.12. The predicted molar refractivity (Wildman–Crippen MR) is 96.2 cm³/mol. The predicted octanol–water partition coefficient (Wildman–Crippen LogP) is 3.00. The van der Waals surface area contributed by atoms with Crippen molar-refractivity contribution in [2.45, 2.75) is 19.3 Å².